The van der Waals surface area contributed by atoms with Crippen molar-refractivity contribution in [2.75, 3.05) is 0 Å². The number of benzene rings is 2. The molecule has 2 atom stereocenters. The monoisotopic (exact) mass is 355 g/mol. The Bertz CT molecular complexity index is 720. The van der Waals surface area contributed by atoms with Crippen LogP contribution in [0.3, 0.4) is 0 Å². The molecule has 0 saturated heterocycles. The molecule has 0 saturated carbocycles. The molecule has 0 N–H and O–H groups in total. The third-order valence-corrected chi connectivity index (χ3v) is 4.67. The summed E-state index contributed by atoms with van der Waals surface area (Å²) >= 11 is -1.42. The highest BCUT2D eigenvalue weighted by atomic mass is 32.2. The Kier molecular flexibility index (Phi) is 4.68. The van der Waals surface area contributed by atoms with Gasteiger partial charge in [-0.3, -0.25) is 0 Å². The second kappa shape index (κ2) is 6.74. The fourth-order valence-corrected chi connectivity index (χ4v) is 3.30. The Labute approximate surface area is 139 Å². The summed E-state index contributed by atoms with van der Waals surface area (Å²) in [6.45, 7) is 0. The predicted molar refractivity (Wildman–Crippen MR) is 81.9 cm³/mol. The second-order valence-electron chi connectivity index (χ2n) is 4.98. The smallest absolute Gasteiger partial charge is 0.573 e. The van der Waals surface area contributed by atoms with Gasteiger partial charge in [0, 0.05) is 11.2 Å². The van der Waals surface area contributed by atoms with Crippen LogP contribution in [0.2, 0.25) is 0 Å². The molecule has 0 aromatic heterocycles. The molecule has 8 heteroatoms. The van der Waals surface area contributed by atoms with Crippen LogP contribution >= 0.6 is 0 Å². The van der Waals surface area contributed by atoms with E-state index in [0.717, 1.165) is 0 Å². The van der Waals surface area contributed by atoms with E-state index in [0.29, 0.717) is 21.9 Å². The Hall–Kier alpha value is -2.19. The highest BCUT2D eigenvalue weighted by Gasteiger charge is 2.33. The number of nitrogens with zero attached hydrogens (tertiary/aromatic N) is 1. The van der Waals surface area contributed by atoms with Crippen LogP contribution in [0.5, 0.6) is 5.75 Å². The van der Waals surface area contributed by atoms with Gasteiger partial charge in [0.05, 0.1) is 6.42 Å². The second-order valence-corrected chi connectivity index (χ2v) is 6.46. The predicted octanol–water partition coefficient (Wildman–Crippen LogP) is 4.17. The summed E-state index contributed by atoms with van der Waals surface area (Å²) in [4.78, 5) is 5.89. The van der Waals surface area contributed by atoms with Crippen molar-refractivity contribution < 1.29 is 27.3 Å². The third kappa shape index (κ3) is 4.01. The van der Waals surface area contributed by atoms with Crippen LogP contribution in [0.1, 0.15) is 18.1 Å². The van der Waals surface area contributed by atoms with Crippen molar-refractivity contribution in [3.05, 3.63) is 60.2 Å². The molecule has 1 aliphatic rings. The Morgan fingerprint density at radius 3 is 2.38 bits per heavy atom. The van der Waals surface area contributed by atoms with E-state index >= 15 is 0 Å². The van der Waals surface area contributed by atoms with E-state index in [1.165, 1.54) is 24.3 Å². The quantitative estimate of drug-likeness (QED) is 0.777. The SMILES string of the molecule is [O-][S+](C1=NO[C@@H](c2ccc(OC(F)(F)F)cc2)C1)c1ccccc1. The number of rotatable bonds is 3. The van der Waals surface area contributed by atoms with Gasteiger partial charge in [0.25, 0.3) is 5.04 Å². The maximum absolute atomic E-state index is 12.4. The van der Waals surface area contributed by atoms with Crippen molar-refractivity contribution in [2.24, 2.45) is 5.16 Å². The molecule has 1 unspecified atom stereocenters. The first-order chi connectivity index (χ1) is 11.4. The molecule has 24 heavy (non-hydrogen) atoms. The number of halogens is 3. The van der Waals surface area contributed by atoms with Crippen LogP contribution in [0.25, 0.3) is 0 Å². The topological polar surface area (TPSA) is 53.9 Å². The Morgan fingerprint density at radius 1 is 1.08 bits per heavy atom. The zero-order chi connectivity index (χ0) is 17.2. The minimum Gasteiger partial charge on any atom is -0.605 e. The molecule has 0 radical (unpaired) electrons. The van der Waals surface area contributed by atoms with Gasteiger partial charge in [0.2, 0.25) is 0 Å². The minimum atomic E-state index is -4.73. The first-order valence-electron chi connectivity index (χ1n) is 6.97. The average Bonchev–Trinajstić information content (AvgIpc) is 3.04. The summed E-state index contributed by atoms with van der Waals surface area (Å²) in [5.74, 6) is -0.307. The number of ether oxygens (including phenoxy) is 1. The van der Waals surface area contributed by atoms with Crippen LogP contribution in [-0.4, -0.2) is 16.0 Å². The molecule has 0 bridgehead atoms. The van der Waals surface area contributed by atoms with Crippen molar-refractivity contribution in [3.63, 3.8) is 0 Å². The normalized spacial score (nSPS) is 18.7. The van der Waals surface area contributed by atoms with Gasteiger partial charge in [-0.25, -0.2) is 0 Å². The standard InChI is InChI=1S/C16H12F3NO3S/c17-16(18,19)22-12-8-6-11(7-9-12)14-10-15(20-23-14)24(21)13-4-2-1-3-5-13/h1-9,14H,10H2/t14-,24?/m1/s1. The van der Waals surface area contributed by atoms with Gasteiger partial charge in [-0.2, -0.15) is 0 Å². The van der Waals surface area contributed by atoms with Gasteiger partial charge >= 0.3 is 6.36 Å². The molecular weight excluding hydrogens is 343 g/mol. The van der Waals surface area contributed by atoms with Gasteiger partial charge in [-0.15, -0.1) is 13.2 Å². The molecule has 0 amide bonds. The van der Waals surface area contributed by atoms with Crippen molar-refractivity contribution in [1.29, 1.82) is 0 Å². The molecular formula is C16H12F3NO3S. The first kappa shape index (κ1) is 16.7. The molecule has 0 fully saturated rings. The van der Waals surface area contributed by atoms with Crippen LogP contribution in [-0.2, 0) is 16.0 Å². The average molecular weight is 355 g/mol. The number of hydrogen-bond acceptors (Lipinski definition) is 4. The van der Waals surface area contributed by atoms with Crippen LogP contribution in [0.15, 0.2) is 64.6 Å². The van der Waals surface area contributed by atoms with Gasteiger partial charge < -0.3 is 14.1 Å². The van der Waals surface area contributed by atoms with Crippen molar-refractivity contribution in [1.82, 2.24) is 0 Å². The molecule has 1 aliphatic heterocycles. The van der Waals surface area contributed by atoms with E-state index in [2.05, 4.69) is 9.89 Å². The third-order valence-electron chi connectivity index (χ3n) is 3.30. The van der Waals surface area contributed by atoms with E-state index in [1.807, 2.05) is 6.07 Å². The molecule has 4 nitrogen and oxygen atoms in total. The lowest BCUT2D eigenvalue weighted by atomic mass is 10.1. The van der Waals surface area contributed by atoms with E-state index in [-0.39, 0.29) is 5.75 Å². The highest BCUT2D eigenvalue weighted by molar-refractivity contribution is 8.06. The summed E-state index contributed by atoms with van der Waals surface area (Å²) in [6.07, 6.45) is -4.90. The summed E-state index contributed by atoms with van der Waals surface area (Å²) in [5.41, 5.74) is 0.633. The van der Waals surface area contributed by atoms with E-state index < -0.39 is 23.6 Å². The van der Waals surface area contributed by atoms with Gasteiger partial charge in [0.15, 0.2) is 11.0 Å². The number of oxime groups is 1. The van der Waals surface area contributed by atoms with Crippen LogP contribution in [0, 0.1) is 0 Å². The summed E-state index contributed by atoms with van der Waals surface area (Å²) in [7, 11) is 0. The van der Waals surface area contributed by atoms with Gasteiger partial charge in [-0.05, 0) is 35.0 Å². The lowest BCUT2D eigenvalue weighted by Gasteiger charge is -2.11. The largest absolute Gasteiger partial charge is 0.605 e. The zero-order valence-electron chi connectivity index (χ0n) is 12.2. The van der Waals surface area contributed by atoms with Crippen LogP contribution in [0.4, 0.5) is 13.2 Å². The van der Waals surface area contributed by atoms with Gasteiger partial charge in [-0.1, -0.05) is 30.3 Å². The summed E-state index contributed by atoms with van der Waals surface area (Å²) in [6, 6.07) is 14.2. The fourth-order valence-electron chi connectivity index (χ4n) is 2.21. The maximum atomic E-state index is 12.4. The van der Waals surface area contributed by atoms with Crippen molar-refractivity contribution >= 4 is 16.2 Å². The summed E-state index contributed by atoms with van der Waals surface area (Å²) in [5, 5.41) is 4.25. The number of hydrogen-bond donors (Lipinski definition) is 0. The highest BCUT2D eigenvalue weighted by Crippen LogP contribution is 2.32. The molecule has 2 aromatic rings. The van der Waals surface area contributed by atoms with Crippen molar-refractivity contribution in [3.8, 4) is 5.75 Å². The molecule has 0 aliphatic carbocycles. The van der Waals surface area contributed by atoms with E-state index in [1.54, 1.807) is 24.3 Å². The molecule has 126 valence electrons. The van der Waals surface area contributed by atoms with E-state index in [9.17, 15) is 17.7 Å². The minimum absolute atomic E-state index is 0.307. The Balaban J connectivity index is 1.64. The van der Waals surface area contributed by atoms with Gasteiger partial charge in [0.1, 0.15) is 5.75 Å². The summed E-state index contributed by atoms with van der Waals surface area (Å²) < 4.78 is 52.6. The molecule has 3 rings (SSSR count). The lowest BCUT2D eigenvalue weighted by molar-refractivity contribution is -0.274. The molecule has 1 heterocycles. The molecule has 0 spiro atoms. The number of alkyl halides is 3. The van der Waals surface area contributed by atoms with Crippen molar-refractivity contribution in [2.45, 2.75) is 23.8 Å². The molecule has 2 aromatic carbocycles. The van der Waals surface area contributed by atoms with Crippen LogP contribution < -0.4 is 4.74 Å². The van der Waals surface area contributed by atoms with E-state index in [4.69, 9.17) is 4.84 Å². The fraction of sp³-hybridized carbons (Fsp3) is 0.188. The first-order valence-corrected chi connectivity index (χ1v) is 8.12. The zero-order valence-corrected chi connectivity index (χ0v) is 13.0. The lowest BCUT2D eigenvalue weighted by Crippen LogP contribution is -2.17. The Morgan fingerprint density at radius 2 is 1.75 bits per heavy atom. The maximum Gasteiger partial charge on any atom is 0.573 e.